The molecule has 1 fully saturated rings. The summed E-state index contributed by atoms with van der Waals surface area (Å²) in [5.74, 6) is 0.792. The van der Waals surface area contributed by atoms with E-state index in [4.69, 9.17) is 0 Å². The second kappa shape index (κ2) is 5.71. The first-order valence-corrected chi connectivity index (χ1v) is 6.63. The fourth-order valence-corrected chi connectivity index (χ4v) is 2.08. The molecular formula is C13H27N3O. The topological polar surface area (TPSA) is 56.7 Å². The highest BCUT2D eigenvalue weighted by Crippen LogP contribution is 2.29. The van der Waals surface area contributed by atoms with Crippen LogP contribution >= 0.6 is 0 Å². The highest BCUT2D eigenvalue weighted by Gasteiger charge is 2.30. The van der Waals surface area contributed by atoms with Gasteiger partial charge in [0, 0.05) is 12.1 Å². The summed E-state index contributed by atoms with van der Waals surface area (Å²) in [7, 11) is 0. The molecule has 0 bridgehead atoms. The lowest BCUT2D eigenvalue weighted by Gasteiger charge is -2.25. The Hall–Kier alpha value is -0.770. The van der Waals surface area contributed by atoms with Gasteiger partial charge in [0.05, 0.1) is 12.1 Å². The van der Waals surface area contributed by atoms with Crippen molar-refractivity contribution >= 4 is 5.96 Å². The second-order valence-electron chi connectivity index (χ2n) is 6.00. The van der Waals surface area contributed by atoms with Gasteiger partial charge < -0.3 is 15.7 Å². The van der Waals surface area contributed by atoms with E-state index in [0.717, 1.165) is 38.2 Å². The molecule has 3 N–H and O–H groups in total. The lowest BCUT2D eigenvalue weighted by atomic mass is 10.0. The van der Waals surface area contributed by atoms with E-state index in [2.05, 4.69) is 36.4 Å². The smallest absolute Gasteiger partial charge is 0.191 e. The Morgan fingerprint density at radius 2 is 1.88 bits per heavy atom. The first kappa shape index (κ1) is 14.3. The maximum atomic E-state index is 10.2. The molecule has 0 radical (unpaired) electrons. The molecule has 0 spiro atoms. The summed E-state index contributed by atoms with van der Waals surface area (Å²) >= 11 is 0. The lowest BCUT2D eigenvalue weighted by Crippen LogP contribution is -2.48. The van der Waals surface area contributed by atoms with Gasteiger partial charge in [-0.2, -0.15) is 0 Å². The quantitative estimate of drug-likeness (QED) is 0.520. The predicted octanol–water partition coefficient (Wildman–Crippen LogP) is 1.65. The molecule has 1 saturated carbocycles. The minimum absolute atomic E-state index is 0.0146. The Morgan fingerprint density at radius 1 is 1.29 bits per heavy atom. The van der Waals surface area contributed by atoms with Crippen molar-refractivity contribution in [2.24, 2.45) is 4.99 Å². The van der Waals surface area contributed by atoms with Crippen LogP contribution in [0.25, 0.3) is 0 Å². The van der Waals surface area contributed by atoms with Crippen molar-refractivity contribution in [1.82, 2.24) is 10.6 Å². The van der Waals surface area contributed by atoms with Crippen LogP contribution in [0, 0.1) is 0 Å². The number of hydrogen-bond acceptors (Lipinski definition) is 2. The molecule has 0 aromatic carbocycles. The van der Waals surface area contributed by atoms with Gasteiger partial charge in [-0.15, -0.1) is 0 Å². The van der Waals surface area contributed by atoms with Crippen molar-refractivity contribution in [1.29, 1.82) is 0 Å². The molecule has 0 amide bonds. The van der Waals surface area contributed by atoms with Crippen LogP contribution in [-0.2, 0) is 0 Å². The van der Waals surface area contributed by atoms with Gasteiger partial charge in [-0.05, 0) is 40.5 Å². The van der Waals surface area contributed by atoms with Crippen LogP contribution in [-0.4, -0.2) is 35.3 Å². The molecule has 0 unspecified atom stereocenters. The van der Waals surface area contributed by atoms with Gasteiger partial charge in [-0.3, -0.25) is 4.99 Å². The third kappa shape index (κ3) is 5.39. The van der Waals surface area contributed by atoms with Crippen LogP contribution in [0.4, 0.5) is 0 Å². The van der Waals surface area contributed by atoms with Crippen LogP contribution < -0.4 is 10.6 Å². The normalized spacial score (nSPS) is 20.4. The maximum Gasteiger partial charge on any atom is 0.191 e. The van der Waals surface area contributed by atoms with Gasteiger partial charge in [0.1, 0.15) is 0 Å². The molecule has 1 aliphatic carbocycles. The number of nitrogens with one attached hydrogen (secondary N) is 2. The average Bonchev–Trinajstić information content (AvgIpc) is 2.61. The number of guanidine groups is 1. The summed E-state index contributed by atoms with van der Waals surface area (Å²) in [6.07, 6.45) is 4.00. The Bertz CT molecular complexity index is 262. The molecule has 0 aromatic heterocycles. The van der Waals surface area contributed by atoms with E-state index in [1.165, 1.54) is 0 Å². The maximum absolute atomic E-state index is 10.2. The molecule has 100 valence electrons. The van der Waals surface area contributed by atoms with Gasteiger partial charge in [0.25, 0.3) is 0 Å². The van der Waals surface area contributed by atoms with E-state index >= 15 is 0 Å². The fourth-order valence-electron chi connectivity index (χ4n) is 2.08. The van der Waals surface area contributed by atoms with Gasteiger partial charge in [0.2, 0.25) is 0 Å². The molecule has 4 nitrogen and oxygen atoms in total. The largest absolute Gasteiger partial charge is 0.388 e. The molecule has 0 aliphatic heterocycles. The van der Waals surface area contributed by atoms with Crippen molar-refractivity contribution < 1.29 is 5.11 Å². The first-order chi connectivity index (χ1) is 7.85. The number of aliphatic hydroxyl groups is 1. The summed E-state index contributed by atoms with van der Waals surface area (Å²) in [4.78, 5) is 4.50. The third-order valence-corrected chi connectivity index (χ3v) is 2.90. The monoisotopic (exact) mass is 241 g/mol. The van der Waals surface area contributed by atoms with E-state index in [-0.39, 0.29) is 5.54 Å². The van der Waals surface area contributed by atoms with E-state index in [1.54, 1.807) is 0 Å². The van der Waals surface area contributed by atoms with Crippen LogP contribution in [0.2, 0.25) is 0 Å². The lowest BCUT2D eigenvalue weighted by molar-refractivity contribution is 0.0573. The Kier molecular flexibility index (Phi) is 4.80. The predicted molar refractivity (Wildman–Crippen MR) is 72.3 cm³/mol. The molecular weight excluding hydrogens is 214 g/mol. The number of rotatable bonds is 3. The van der Waals surface area contributed by atoms with Crippen LogP contribution in [0.1, 0.15) is 53.4 Å². The van der Waals surface area contributed by atoms with Crippen molar-refractivity contribution in [2.75, 3.05) is 13.1 Å². The third-order valence-electron chi connectivity index (χ3n) is 2.90. The Balaban J connectivity index is 2.56. The van der Waals surface area contributed by atoms with E-state index in [0.29, 0.717) is 6.54 Å². The van der Waals surface area contributed by atoms with Crippen molar-refractivity contribution in [2.45, 2.75) is 64.5 Å². The van der Waals surface area contributed by atoms with E-state index in [1.807, 2.05) is 6.92 Å². The molecule has 0 aromatic rings. The summed E-state index contributed by atoms with van der Waals surface area (Å²) in [5, 5.41) is 16.8. The molecule has 0 atom stereocenters. The molecule has 0 heterocycles. The molecule has 1 rings (SSSR count). The zero-order valence-corrected chi connectivity index (χ0v) is 11.6. The molecule has 0 saturated heterocycles. The zero-order valence-electron chi connectivity index (χ0n) is 11.6. The summed E-state index contributed by atoms with van der Waals surface area (Å²) in [5.41, 5.74) is -0.584. The Labute approximate surface area is 105 Å². The van der Waals surface area contributed by atoms with Crippen LogP contribution in [0.15, 0.2) is 4.99 Å². The summed E-state index contributed by atoms with van der Waals surface area (Å²) in [6, 6.07) is 0. The highest BCUT2D eigenvalue weighted by molar-refractivity contribution is 5.80. The summed E-state index contributed by atoms with van der Waals surface area (Å²) < 4.78 is 0. The first-order valence-electron chi connectivity index (χ1n) is 6.63. The fraction of sp³-hybridized carbons (Fsp3) is 0.923. The van der Waals surface area contributed by atoms with Crippen molar-refractivity contribution in [3.8, 4) is 0 Å². The van der Waals surface area contributed by atoms with Gasteiger partial charge >= 0.3 is 0 Å². The number of nitrogens with zero attached hydrogens (tertiary/aromatic N) is 1. The minimum Gasteiger partial charge on any atom is -0.388 e. The van der Waals surface area contributed by atoms with Crippen molar-refractivity contribution in [3.63, 3.8) is 0 Å². The van der Waals surface area contributed by atoms with Crippen molar-refractivity contribution in [3.05, 3.63) is 0 Å². The molecule has 17 heavy (non-hydrogen) atoms. The van der Waals surface area contributed by atoms with Crippen LogP contribution in [0.3, 0.4) is 0 Å². The van der Waals surface area contributed by atoms with Crippen LogP contribution in [0.5, 0.6) is 0 Å². The van der Waals surface area contributed by atoms with Gasteiger partial charge in [-0.25, -0.2) is 0 Å². The van der Waals surface area contributed by atoms with Gasteiger partial charge in [0.15, 0.2) is 5.96 Å². The summed E-state index contributed by atoms with van der Waals surface area (Å²) in [6.45, 7) is 9.68. The minimum atomic E-state index is -0.569. The molecule has 1 aliphatic rings. The van der Waals surface area contributed by atoms with Gasteiger partial charge in [-0.1, -0.05) is 12.8 Å². The zero-order chi connectivity index (χ0) is 12.9. The Morgan fingerprint density at radius 3 is 2.35 bits per heavy atom. The average molecular weight is 241 g/mol. The number of aliphatic imine (C=N–C) groups is 1. The highest BCUT2D eigenvalue weighted by atomic mass is 16.3. The SMILES string of the molecule is CCNC(=NCC1(O)CCCC1)NC(C)(C)C. The van der Waals surface area contributed by atoms with E-state index < -0.39 is 5.60 Å². The molecule has 4 heteroatoms. The van der Waals surface area contributed by atoms with E-state index in [9.17, 15) is 5.11 Å². The standard InChI is InChI=1S/C13H27N3O/c1-5-14-11(16-12(2,3)4)15-10-13(17)8-6-7-9-13/h17H,5-10H2,1-4H3,(H2,14,15,16). The number of hydrogen-bond donors (Lipinski definition) is 3. The second-order valence-corrected chi connectivity index (χ2v) is 6.00.